The van der Waals surface area contributed by atoms with E-state index in [9.17, 15) is 5.11 Å². The fourth-order valence-corrected chi connectivity index (χ4v) is 2.41. The average molecular weight is 302 g/mol. The molecule has 0 radical (unpaired) electrons. The van der Waals surface area contributed by atoms with Gasteiger partial charge in [0.25, 0.3) is 0 Å². The summed E-state index contributed by atoms with van der Waals surface area (Å²) in [5.41, 5.74) is -0.577. The van der Waals surface area contributed by atoms with Gasteiger partial charge in [-0.15, -0.1) is 0 Å². The van der Waals surface area contributed by atoms with E-state index in [4.69, 9.17) is 0 Å². The highest BCUT2D eigenvalue weighted by Gasteiger charge is 2.50. The third-order valence-electron chi connectivity index (χ3n) is 3.42. The predicted molar refractivity (Wildman–Crippen MR) is 70.9 cm³/mol. The number of nitrogens with zero attached hydrogens (tertiary/aromatic N) is 2. The van der Waals surface area contributed by atoms with Crippen LogP contribution < -0.4 is 5.32 Å². The van der Waals surface area contributed by atoms with Crippen LogP contribution in [0.4, 0.5) is 0 Å². The maximum atomic E-state index is 9.73. The molecule has 1 aromatic rings. The fourth-order valence-electron chi connectivity index (χ4n) is 2.13. The van der Waals surface area contributed by atoms with E-state index in [-0.39, 0.29) is 5.54 Å². The molecular weight excluding hydrogens is 282 g/mol. The quantitative estimate of drug-likeness (QED) is 0.873. The minimum atomic E-state index is -0.672. The van der Waals surface area contributed by atoms with E-state index in [1.807, 2.05) is 30.9 Å². The number of rotatable bonds is 5. The molecule has 0 aliphatic heterocycles. The zero-order valence-corrected chi connectivity index (χ0v) is 12.2. The Kier molecular flexibility index (Phi) is 3.36. The van der Waals surface area contributed by atoms with E-state index in [1.54, 1.807) is 0 Å². The van der Waals surface area contributed by atoms with Gasteiger partial charge in [0.15, 0.2) is 0 Å². The van der Waals surface area contributed by atoms with Gasteiger partial charge >= 0.3 is 0 Å². The molecule has 1 heterocycles. The molecule has 4 nitrogen and oxygen atoms in total. The molecule has 96 valence electrons. The molecule has 1 atom stereocenters. The smallest absolute Gasteiger partial charge is 0.0779 e. The van der Waals surface area contributed by atoms with Crippen LogP contribution in [0.15, 0.2) is 16.9 Å². The Morgan fingerprint density at radius 2 is 2.29 bits per heavy atom. The first kappa shape index (κ1) is 13.1. The second-order valence-corrected chi connectivity index (χ2v) is 6.54. The molecule has 1 unspecified atom stereocenters. The van der Waals surface area contributed by atoms with E-state index in [0.717, 1.165) is 17.3 Å². The van der Waals surface area contributed by atoms with Crippen molar-refractivity contribution in [2.24, 2.45) is 0 Å². The van der Waals surface area contributed by atoms with Crippen LogP contribution in [0.5, 0.6) is 0 Å². The van der Waals surface area contributed by atoms with Crippen molar-refractivity contribution < 1.29 is 5.11 Å². The minimum absolute atomic E-state index is 0.0945. The van der Waals surface area contributed by atoms with E-state index in [1.165, 1.54) is 0 Å². The maximum Gasteiger partial charge on any atom is 0.0779 e. The summed E-state index contributed by atoms with van der Waals surface area (Å²) >= 11 is 3.43. The fraction of sp³-hybridized carbons (Fsp3) is 0.750. The van der Waals surface area contributed by atoms with Crippen LogP contribution >= 0.6 is 15.9 Å². The highest BCUT2D eigenvalue weighted by molar-refractivity contribution is 9.10. The lowest BCUT2D eigenvalue weighted by atomic mass is 10.1. The molecule has 0 saturated heterocycles. The average Bonchev–Trinajstić information content (AvgIpc) is 2.92. The van der Waals surface area contributed by atoms with Gasteiger partial charge in [0, 0.05) is 18.8 Å². The van der Waals surface area contributed by atoms with Crippen molar-refractivity contribution in [3.8, 4) is 0 Å². The molecule has 1 saturated carbocycles. The van der Waals surface area contributed by atoms with E-state index < -0.39 is 5.60 Å². The number of aliphatic hydroxyl groups is 1. The van der Waals surface area contributed by atoms with Gasteiger partial charge in [-0.3, -0.25) is 4.68 Å². The molecule has 1 aliphatic carbocycles. The molecule has 0 bridgehead atoms. The van der Waals surface area contributed by atoms with Gasteiger partial charge in [0.2, 0.25) is 0 Å². The molecule has 2 rings (SSSR count). The minimum Gasteiger partial charge on any atom is -0.389 e. The molecular formula is C12H20BrN3O. The molecule has 17 heavy (non-hydrogen) atoms. The normalized spacial score (nSPS) is 20.3. The number of aromatic nitrogens is 2. The number of halogens is 1. The molecule has 0 amide bonds. The van der Waals surface area contributed by atoms with E-state index in [2.05, 4.69) is 33.3 Å². The van der Waals surface area contributed by atoms with Crippen LogP contribution in [0.25, 0.3) is 0 Å². The van der Waals surface area contributed by atoms with Crippen LogP contribution in [0.2, 0.25) is 0 Å². The lowest BCUT2D eigenvalue weighted by Crippen LogP contribution is -2.46. The second kappa shape index (κ2) is 4.37. The summed E-state index contributed by atoms with van der Waals surface area (Å²) in [5, 5.41) is 17.5. The summed E-state index contributed by atoms with van der Waals surface area (Å²) in [5.74, 6) is 0. The zero-order chi connectivity index (χ0) is 12.7. The van der Waals surface area contributed by atoms with Gasteiger partial charge in [0.1, 0.15) is 0 Å². The van der Waals surface area contributed by atoms with Crippen molar-refractivity contribution in [1.82, 2.24) is 15.1 Å². The molecule has 1 aromatic heterocycles. The van der Waals surface area contributed by atoms with Crippen LogP contribution in [-0.2, 0) is 5.54 Å². The van der Waals surface area contributed by atoms with Crippen LogP contribution in [0.3, 0.4) is 0 Å². The third-order valence-corrected chi connectivity index (χ3v) is 3.83. The second-order valence-electron chi connectivity index (χ2n) is 5.62. The maximum absolute atomic E-state index is 9.73. The Bertz CT molecular complexity index is 393. The van der Waals surface area contributed by atoms with Gasteiger partial charge in [-0.2, -0.15) is 5.10 Å². The monoisotopic (exact) mass is 301 g/mol. The Morgan fingerprint density at radius 3 is 2.71 bits per heavy atom. The standard InChI is InChI=1S/C12H20BrN3O/c1-9(14-8-11(2,3)17)12(4-5-12)16-7-10(13)6-15-16/h6-7,9,14,17H,4-5,8H2,1-3H3. The SMILES string of the molecule is CC(NCC(C)(C)O)C1(n2cc(Br)cn2)CC1. The Morgan fingerprint density at radius 1 is 1.65 bits per heavy atom. The van der Waals surface area contributed by atoms with Gasteiger partial charge in [-0.05, 0) is 49.5 Å². The first-order valence-electron chi connectivity index (χ1n) is 6.00. The Balaban J connectivity index is 2.02. The summed E-state index contributed by atoms with van der Waals surface area (Å²) in [7, 11) is 0. The van der Waals surface area contributed by atoms with Crippen molar-refractivity contribution in [3.63, 3.8) is 0 Å². The van der Waals surface area contributed by atoms with Crippen molar-refractivity contribution >= 4 is 15.9 Å². The lowest BCUT2D eigenvalue weighted by Gasteiger charge is -2.28. The number of nitrogens with one attached hydrogen (secondary N) is 1. The van der Waals surface area contributed by atoms with Gasteiger partial charge < -0.3 is 10.4 Å². The van der Waals surface area contributed by atoms with E-state index in [0.29, 0.717) is 12.6 Å². The van der Waals surface area contributed by atoms with E-state index >= 15 is 0 Å². The highest BCUT2D eigenvalue weighted by atomic mass is 79.9. The summed E-state index contributed by atoms with van der Waals surface area (Å²) < 4.78 is 3.05. The third kappa shape index (κ3) is 2.89. The van der Waals surface area contributed by atoms with Crippen molar-refractivity contribution in [2.45, 2.75) is 50.8 Å². The summed E-state index contributed by atoms with van der Waals surface area (Å²) in [4.78, 5) is 0. The highest BCUT2D eigenvalue weighted by Crippen LogP contribution is 2.46. The molecule has 0 spiro atoms. The summed E-state index contributed by atoms with van der Waals surface area (Å²) in [6, 6.07) is 0.306. The van der Waals surface area contributed by atoms with Crippen molar-refractivity contribution in [2.75, 3.05) is 6.54 Å². The topological polar surface area (TPSA) is 50.1 Å². The lowest BCUT2D eigenvalue weighted by molar-refractivity contribution is 0.0733. The first-order chi connectivity index (χ1) is 7.83. The number of hydrogen-bond donors (Lipinski definition) is 2. The van der Waals surface area contributed by atoms with Crippen LogP contribution in [0, 0.1) is 0 Å². The molecule has 1 aliphatic rings. The Hall–Kier alpha value is -0.390. The molecule has 2 N–H and O–H groups in total. The predicted octanol–water partition coefficient (Wildman–Crippen LogP) is 1.88. The molecule has 0 aromatic carbocycles. The van der Waals surface area contributed by atoms with Crippen molar-refractivity contribution in [1.29, 1.82) is 0 Å². The molecule has 5 heteroatoms. The van der Waals surface area contributed by atoms with Gasteiger partial charge in [-0.25, -0.2) is 0 Å². The zero-order valence-electron chi connectivity index (χ0n) is 10.6. The summed E-state index contributed by atoms with van der Waals surface area (Å²) in [6.45, 7) is 6.39. The number of hydrogen-bond acceptors (Lipinski definition) is 3. The largest absolute Gasteiger partial charge is 0.389 e. The summed E-state index contributed by atoms with van der Waals surface area (Å²) in [6.07, 6.45) is 6.13. The molecule has 1 fully saturated rings. The van der Waals surface area contributed by atoms with Crippen LogP contribution in [0.1, 0.15) is 33.6 Å². The first-order valence-corrected chi connectivity index (χ1v) is 6.79. The van der Waals surface area contributed by atoms with Gasteiger partial charge in [-0.1, -0.05) is 0 Å². The van der Waals surface area contributed by atoms with Gasteiger partial charge in [0.05, 0.1) is 21.8 Å². The van der Waals surface area contributed by atoms with Crippen molar-refractivity contribution in [3.05, 3.63) is 16.9 Å². The van der Waals surface area contributed by atoms with Crippen LogP contribution in [-0.4, -0.2) is 33.1 Å². The Labute approximate surface area is 111 Å².